The Morgan fingerprint density at radius 3 is 2.65 bits per heavy atom. The lowest BCUT2D eigenvalue weighted by molar-refractivity contribution is 0.103. The van der Waals surface area contributed by atoms with E-state index >= 15 is 0 Å². The smallest absolute Gasteiger partial charge is 0.198 e. The number of para-hydroxylation sites is 2. The fourth-order valence-electron chi connectivity index (χ4n) is 1.89. The fourth-order valence-corrected chi connectivity index (χ4v) is 2.71. The van der Waals surface area contributed by atoms with E-state index in [2.05, 4.69) is 4.99 Å². The van der Waals surface area contributed by atoms with E-state index < -0.39 is 0 Å². The maximum absolute atomic E-state index is 12.4. The number of fused-ring (bicyclic) bond motifs is 1. The molecule has 3 nitrogen and oxygen atoms in total. The van der Waals surface area contributed by atoms with Gasteiger partial charge in [0, 0.05) is 16.7 Å². The molecule has 1 aliphatic heterocycles. The van der Waals surface area contributed by atoms with Crippen LogP contribution in [0.3, 0.4) is 0 Å². The number of aromatic hydroxyl groups is 1. The van der Waals surface area contributed by atoms with Crippen molar-refractivity contribution in [3.8, 4) is 5.75 Å². The highest BCUT2D eigenvalue weighted by molar-refractivity contribution is 8.02. The Kier molecular flexibility index (Phi) is 3.39. The minimum atomic E-state index is -0.229. The summed E-state index contributed by atoms with van der Waals surface area (Å²) in [5, 5.41) is 11.5. The van der Waals surface area contributed by atoms with Gasteiger partial charge in [-0.3, -0.25) is 9.79 Å². The van der Waals surface area contributed by atoms with Crippen molar-refractivity contribution in [1.82, 2.24) is 0 Å². The van der Waals surface area contributed by atoms with Crippen LogP contribution in [0.1, 0.15) is 10.4 Å². The molecule has 0 atom stereocenters. The summed E-state index contributed by atoms with van der Waals surface area (Å²) in [7, 11) is 0. The first-order valence-corrected chi connectivity index (χ1v) is 6.96. The van der Waals surface area contributed by atoms with Crippen molar-refractivity contribution in [1.29, 1.82) is 0 Å². The topological polar surface area (TPSA) is 49.7 Å². The molecule has 0 fully saturated rings. The average molecular weight is 281 g/mol. The van der Waals surface area contributed by atoms with Crippen LogP contribution in [0.2, 0.25) is 0 Å². The third-order valence-corrected chi connectivity index (χ3v) is 3.90. The standard InChI is InChI=1S/C16H11NO2S/c18-14-7-3-1-5-12(14)16(19)11-9-17-13-6-2-4-8-15(13)20-10-11/h1-10,18H. The molecule has 1 heterocycles. The Hall–Kier alpha value is -2.33. The predicted molar refractivity (Wildman–Crippen MR) is 81.0 cm³/mol. The highest BCUT2D eigenvalue weighted by Gasteiger charge is 2.16. The third-order valence-electron chi connectivity index (χ3n) is 2.93. The van der Waals surface area contributed by atoms with E-state index in [0.29, 0.717) is 5.57 Å². The molecule has 3 rings (SSSR count). The molecule has 4 heteroatoms. The first kappa shape index (κ1) is 12.7. The number of thioether (sulfide) groups is 1. The van der Waals surface area contributed by atoms with Gasteiger partial charge in [0.2, 0.25) is 0 Å². The number of phenols is 1. The number of nitrogens with zero attached hydrogens (tertiary/aromatic N) is 1. The molecule has 0 amide bonds. The van der Waals surface area contributed by atoms with E-state index in [9.17, 15) is 9.90 Å². The van der Waals surface area contributed by atoms with Crippen LogP contribution >= 0.6 is 11.8 Å². The second-order valence-electron chi connectivity index (χ2n) is 4.26. The molecule has 0 radical (unpaired) electrons. The molecule has 2 aromatic carbocycles. The van der Waals surface area contributed by atoms with Crippen LogP contribution in [-0.4, -0.2) is 17.1 Å². The molecule has 0 saturated carbocycles. The van der Waals surface area contributed by atoms with Crippen LogP contribution in [0.5, 0.6) is 5.75 Å². The number of allylic oxidation sites excluding steroid dienone is 1. The summed E-state index contributed by atoms with van der Waals surface area (Å²) in [5.41, 5.74) is 1.60. The number of phenolic OH excluding ortho intramolecular Hbond substituents is 1. The quantitative estimate of drug-likeness (QED) is 0.847. The number of hydrogen-bond acceptors (Lipinski definition) is 4. The molecule has 1 N–H and O–H groups in total. The molecule has 0 aromatic heterocycles. The molecule has 2 aromatic rings. The molecule has 98 valence electrons. The molecule has 0 aliphatic carbocycles. The van der Waals surface area contributed by atoms with Gasteiger partial charge in [0.25, 0.3) is 0 Å². The van der Waals surface area contributed by atoms with Crippen molar-refractivity contribution in [2.24, 2.45) is 4.99 Å². The number of hydrogen-bond donors (Lipinski definition) is 1. The summed E-state index contributed by atoms with van der Waals surface area (Å²) in [5.74, 6) is -0.245. The molecule has 0 saturated heterocycles. The van der Waals surface area contributed by atoms with Gasteiger partial charge in [-0.2, -0.15) is 0 Å². The molecule has 0 bridgehead atoms. The fraction of sp³-hybridized carbons (Fsp3) is 0. The first-order valence-electron chi connectivity index (χ1n) is 6.08. The number of aliphatic imine (C=N–C) groups is 1. The number of benzene rings is 2. The summed E-state index contributed by atoms with van der Waals surface area (Å²) in [6, 6.07) is 14.2. The molecular weight excluding hydrogens is 270 g/mol. The second kappa shape index (κ2) is 5.35. The van der Waals surface area contributed by atoms with E-state index in [0.717, 1.165) is 10.6 Å². The van der Waals surface area contributed by atoms with E-state index in [1.807, 2.05) is 24.3 Å². The maximum Gasteiger partial charge on any atom is 0.198 e. The number of rotatable bonds is 2. The largest absolute Gasteiger partial charge is 0.507 e. The SMILES string of the molecule is O=C(C1=CSc2ccccc2N=C1)c1ccccc1O. The molecule has 1 aliphatic rings. The van der Waals surface area contributed by atoms with Crippen molar-refractivity contribution in [2.75, 3.05) is 0 Å². The highest BCUT2D eigenvalue weighted by Crippen LogP contribution is 2.33. The maximum atomic E-state index is 12.4. The van der Waals surface area contributed by atoms with Gasteiger partial charge in [0.05, 0.1) is 11.3 Å². The van der Waals surface area contributed by atoms with Crippen LogP contribution in [-0.2, 0) is 0 Å². The van der Waals surface area contributed by atoms with Gasteiger partial charge in [-0.15, -0.1) is 0 Å². The van der Waals surface area contributed by atoms with Crippen molar-refractivity contribution in [3.05, 3.63) is 65.1 Å². The first-order chi connectivity index (χ1) is 9.75. The van der Waals surface area contributed by atoms with Crippen LogP contribution in [0.15, 0.2) is 69.4 Å². The predicted octanol–water partition coefficient (Wildman–Crippen LogP) is 3.97. The second-order valence-corrected chi connectivity index (χ2v) is 5.17. The lowest BCUT2D eigenvalue weighted by Gasteiger charge is -2.02. The van der Waals surface area contributed by atoms with Crippen LogP contribution in [0.4, 0.5) is 5.69 Å². The zero-order valence-corrected chi connectivity index (χ0v) is 11.3. The van der Waals surface area contributed by atoms with E-state index in [1.54, 1.807) is 29.8 Å². The van der Waals surface area contributed by atoms with Crippen LogP contribution in [0, 0.1) is 0 Å². The van der Waals surface area contributed by atoms with Gasteiger partial charge >= 0.3 is 0 Å². The Morgan fingerprint density at radius 2 is 1.80 bits per heavy atom. The minimum absolute atomic E-state index is 0.0152. The van der Waals surface area contributed by atoms with Gasteiger partial charge in [-0.25, -0.2) is 0 Å². The van der Waals surface area contributed by atoms with Crippen molar-refractivity contribution < 1.29 is 9.90 Å². The van der Waals surface area contributed by atoms with Gasteiger partial charge < -0.3 is 5.11 Å². The Labute approximate surface area is 120 Å². The van der Waals surface area contributed by atoms with Crippen molar-refractivity contribution >= 4 is 29.4 Å². The lowest BCUT2D eigenvalue weighted by Crippen LogP contribution is -2.04. The van der Waals surface area contributed by atoms with E-state index in [4.69, 9.17) is 0 Å². The average Bonchev–Trinajstić information content (AvgIpc) is 2.70. The zero-order chi connectivity index (χ0) is 13.9. The minimum Gasteiger partial charge on any atom is -0.507 e. The molecular formula is C16H11NO2S. The summed E-state index contributed by atoms with van der Waals surface area (Å²) >= 11 is 1.46. The van der Waals surface area contributed by atoms with Crippen LogP contribution < -0.4 is 0 Å². The van der Waals surface area contributed by atoms with E-state index in [-0.39, 0.29) is 17.1 Å². The number of Topliss-reactive ketones (excluding diaryl/α,β-unsaturated/α-hetero) is 1. The third kappa shape index (κ3) is 2.38. The van der Waals surface area contributed by atoms with Gasteiger partial charge in [0.15, 0.2) is 5.78 Å². The van der Waals surface area contributed by atoms with Crippen molar-refractivity contribution in [3.63, 3.8) is 0 Å². The number of carbonyl (C=O) groups excluding carboxylic acids is 1. The Morgan fingerprint density at radius 1 is 1.05 bits per heavy atom. The van der Waals surface area contributed by atoms with E-state index in [1.165, 1.54) is 17.8 Å². The van der Waals surface area contributed by atoms with Crippen LogP contribution in [0.25, 0.3) is 0 Å². The monoisotopic (exact) mass is 281 g/mol. The summed E-state index contributed by atoms with van der Waals surface area (Å²) < 4.78 is 0. The molecule has 20 heavy (non-hydrogen) atoms. The summed E-state index contributed by atoms with van der Waals surface area (Å²) in [6.45, 7) is 0. The Bertz CT molecular complexity index is 735. The number of ketones is 1. The van der Waals surface area contributed by atoms with Gasteiger partial charge in [-0.05, 0) is 29.7 Å². The molecule has 0 unspecified atom stereocenters. The normalized spacial score (nSPS) is 13.3. The number of carbonyl (C=O) groups is 1. The van der Waals surface area contributed by atoms with Gasteiger partial charge in [0.1, 0.15) is 5.75 Å². The zero-order valence-electron chi connectivity index (χ0n) is 10.5. The highest BCUT2D eigenvalue weighted by atomic mass is 32.2. The van der Waals surface area contributed by atoms with Crippen molar-refractivity contribution in [2.45, 2.75) is 4.90 Å². The summed E-state index contributed by atoms with van der Waals surface area (Å²) in [6.07, 6.45) is 1.55. The lowest BCUT2D eigenvalue weighted by atomic mass is 10.0. The van der Waals surface area contributed by atoms with Gasteiger partial charge in [-0.1, -0.05) is 36.0 Å². The summed E-state index contributed by atoms with van der Waals surface area (Å²) in [4.78, 5) is 17.7. The molecule has 0 spiro atoms. The Balaban J connectivity index is 1.95.